The maximum Gasteiger partial charge on any atom is 0.253 e. The topological polar surface area (TPSA) is 101 Å². The third kappa shape index (κ3) is 3.74. The second kappa shape index (κ2) is 6.03. The van der Waals surface area contributed by atoms with Crippen molar-refractivity contribution in [1.82, 2.24) is 4.90 Å². The molecule has 0 aliphatic carbocycles. The molecule has 1 saturated heterocycles. The van der Waals surface area contributed by atoms with Gasteiger partial charge in [-0.3, -0.25) is 4.79 Å². The van der Waals surface area contributed by atoms with E-state index < -0.39 is 9.84 Å². The van der Waals surface area contributed by atoms with Crippen LogP contribution >= 0.6 is 0 Å². The molecule has 1 aromatic carbocycles. The molecule has 1 aliphatic heterocycles. The number of nitrogen functional groups attached to an aromatic ring is 1. The number of aliphatic hydroxyl groups excluding tert-OH is 1. The molecular weight excluding hydrogens is 292 g/mol. The Labute approximate surface area is 124 Å². The number of carbonyl (C=O) groups excluding carboxylic acids is 1. The van der Waals surface area contributed by atoms with Crippen LogP contribution in [-0.2, 0) is 9.84 Å². The first kappa shape index (κ1) is 15.8. The van der Waals surface area contributed by atoms with Crippen molar-refractivity contribution in [2.24, 2.45) is 5.92 Å². The Morgan fingerprint density at radius 3 is 2.48 bits per heavy atom. The summed E-state index contributed by atoms with van der Waals surface area (Å²) in [5.74, 6) is 0.0186. The quantitative estimate of drug-likeness (QED) is 0.792. The van der Waals surface area contributed by atoms with Gasteiger partial charge in [-0.05, 0) is 37.0 Å². The fourth-order valence-electron chi connectivity index (χ4n) is 2.46. The number of anilines is 1. The number of likely N-dealkylation sites (tertiary alicyclic amines) is 1. The highest BCUT2D eigenvalue weighted by molar-refractivity contribution is 7.90. The summed E-state index contributed by atoms with van der Waals surface area (Å²) in [6, 6.07) is 4.21. The molecule has 116 valence electrons. The lowest BCUT2D eigenvalue weighted by molar-refractivity contribution is 0.0650. The lowest BCUT2D eigenvalue weighted by Gasteiger charge is -2.31. The van der Waals surface area contributed by atoms with Gasteiger partial charge in [-0.1, -0.05) is 0 Å². The first-order valence-corrected chi connectivity index (χ1v) is 8.71. The SMILES string of the molecule is CS(=O)(=O)c1cc(N)cc(C(=O)N2CCC(CO)CC2)c1. The minimum Gasteiger partial charge on any atom is -0.399 e. The second-order valence-electron chi connectivity index (χ2n) is 5.48. The Hall–Kier alpha value is -1.60. The van der Waals surface area contributed by atoms with Crippen LogP contribution in [0.2, 0.25) is 0 Å². The average Bonchev–Trinajstić information content (AvgIpc) is 2.45. The van der Waals surface area contributed by atoms with Crippen LogP contribution in [0.1, 0.15) is 23.2 Å². The molecule has 2 rings (SSSR count). The van der Waals surface area contributed by atoms with Gasteiger partial charge in [0.1, 0.15) is 0 Å². The Morgan fingerprint density at radius 1 is 1.33 bits per heavy atom. The molecule has 6 nitrogen and oxygen atoms in total. The van der Waals surface area contributed by atoms with Crippen LogP contribution in [0.25, 0.3) is 0 Å². The summed E-state index contributed by atoms with van der Waals surface area (Å²) in [5.41, 5.74) is 6.24. The standard InChI is InChI=1S/C14H20N2O4S/c1-21(19,20)13-7-11(6-12(15)8-13)14(18)16-4-2-10(9-17)3-5-16/h6-8,10,17H,2-5,9,15H2,1H3. The van der Waals surface area contributed by atoms with E-state index in [0.717, 1.165) is 19.1 Å². The zero-order valence-electron chi connectivity index (χ0n) is 11.9. The summed E-state index contributed by atoms with van der Waals surface area (Å²) in [6.45, 7) is 1.26. The van der Waals surface area contributed by atoms with Crippen LogP contribution < -0.4 is 5.73 Å². The minimum absolute atomic E-state index is 0.0519. The predicted octanol–water partition coefficient (Wildman–Crippen LogP) is 0.517. The predicted molar refractivity (Wildman–Crippen MR) is 79.7 cm³/mol. The van der Waals surface area contributed by atoms with Crippen molar-refractivity contribution in [1.29, 1.82) is 0 Å². The number of nitrogens with two attached hydrogens (primary N) is 1. The van der Waals surface area contributed by atoms with Crippen molar-refractivity contribution >= 4 is 21.4 Å². The van der Waals surface area contributed by atoms with Gasteiger partial charge in [-0.2, -0.15) is 0 Å². The highest BCUT2D eigenvalue weighted by atomic mass is 32.2. The number of sulfone groups is 1. The number of nitrogens with zero attached hydrogens (tertiary/aromatic N) is 1. The molecule has 1 fully saturated rings. The van der Waals surface area contributed by atoms with E-state index in [1.54, 1.807) is 4.90 Å². The Kier molecular flexibility index (Phi) is 4.53. The third-order valence-electron chi connectivity index (χ3n) is 3.76. The fourth-order valence-corrected chi connectivity index (χ4v) is 3.15. The summed E-state index contributed by atoms with van der Waals surface area (Å²) in [7, 11) is -3.41. The zero-order valence-corrected chi connectivity index (χ0v) is 12.8. The Morgan fingerprint density at radius 2 is 1.95 bits per heavy atom. The lowest BCUT2D eigenvalue weighted by atomic mass is 9.97. The molecule has 3 N–H and O–H groups in total. The van der Waals surface area contributed by atoms with E-state index in [-0.39, 0.29) is 34.6 Å². The number of rotatable bonds is 3. The molecule has 0 unspecified atom stereocenters. The maximum absolute atomic E-state index is 12.4. The molecule has 1 aliphatic rings. The van der Waals surface area contributed by atoms with Gasteiger partial charge in [-0.25, -0.2) is 8.42 Å². The Balaban J connectivity index is 2.22. The molecular formula is C14H20N2O4S. The van der Waals surface area contributed by atoms with Gasteiger partial charge in [0.05, 0.1) is 4.90 Å². The van der Waals surface area contributed by atoms with Gasteiger partial charge in [0.25, 0.3) is 5.91 Å². The van der Waals surface area contributed by atoms with Crippen molar-refractivity contribution in [2.75, 3.05) is 31.7 Å². The fraction of sp³-hybridized carbons (Fsp3) is 0.500. The number of amides is 1. The van der Waals surface area contributed by atoms with E-state index in [2.05, 4.69) is 0 Å². The van der Waals surface area contributed by atoms with Crippen LogP contribution in [0.4, 0.5) is 5.69 Å². The first-order valence-electron chi connectivity index (χ1n) is 6.82. The molecule has 0 bridgehead atoms. The van der Waals surface area contributed by atoms with Gasteiger partial charge in [0.2, 0.25) is 0 Å². The number of hydrogen-bond donors (Lipinski definition) is 2. The summed E-state index contributed by atoms with van der Waals surface area (Å²) >= 11 is 0. The number of piperidine rings is 1. The first-order chi connectivity index (χ1) is 9.81. The van der Waals surface area contributed by atoms with E-state index in [0.29, 0.717) is 13.1 Å². The second-order valence-corrected chi connectivity index (χ2v) is 7.50. The minimum atomic E-state index is -3.41. The highest BCUT2D eigenvalue weighted by Crippen LogP contribution is 2.21. The van der Waals surface area contributed by atoms with Crippen molar-refractivity contribution in [2.45, 2.75) is 17.7 Å². The molecule has 7 heteroatoms. The van der Waals surface area contributed by atoms with E-state index in [1.165, 1.54) is 18.2 Å². The van der Waals surface area contributed by atoms with Crippen LogP contribution in [0.3, 0.4) is 0 Å². The van der Waals surface area contributed by atoms with Crippen molar-refractivity contribution < 1.29 is 18.3 Å². The summed E-state index contributed by atoms with van der Waals surface area (Å²) in [4.78, 5) is 14.2. The van der Waals surface area contributed by atoms with Crippen LogP contribution in [0, 0.1) is 5.92 Å². The Bertz CT molecular complexity index is 634. The smallest absolute Gasteiger partial charge is 0.253 e. The van der Waals surface area contributed by atoms with Crippen molar-refractivity contribution in [3.63, 3.8) is 0 Å². The average molecular weight is 312 g/mol. The largest absolute Gasteiger partial charge is 0.399 e. The molecule has 1 aromatic rings. The molecule has 0 radical (unpaired) electrons. The molecule has 1 heterocycles. The van der Waals surface area contributed by atoms with E-state index in [1.807, 2.05) is 0 Å². The normalized spacial score (nSPS) is 17.0. The lowest BCUT2D eigenvalue weighted by Crippen LogP contribution is -2.39. The van der Waals surface area contributed by atoms with Crippen molar-refractivity contribution in [3.8, 4) is 0 Å². The van der Waals surface area contributed by atoms with Gasteiger partial charge >= 0.3 is 0 Å². The number of hydrogen-bond acceptors (Lipinski definition) is 5. The molecule has 0 aromatic heterocycles. The summed E-state index contributed by atoms with van der Waals surface area (Å²) in [5, 5.41) is 9.11. The zero-order chi connectivity index (χ0) is 15.6. The van der Waals surface area contributed by atoms with Crippen LogP contribution in [0.5, 0.6) is 0 Å². The molecule has 21 heavy (non-hydrogen) atoms. The number of carbonyl (C=O) groups is 1. The number of aliphatic hydroxyl groups is 1. The van der Waals surface area contributed by atoms with E-state index in [4.69, 9.17) is 10.8 Å². The molecule has 0 spiro atoms. The summed E-state index contributed by atoms with van der Waals surface area (Å²) < 4.78 is 23.2. The molecule has 1 amide bonds. The van der Waals surface area contributed by atoms with Gasteiger partial charge < -0.3 is 15.7 Å². The number of benzene rings is 1. The monoisotopic (exact) mass is 312 g/mol. The van der Waals surface area contributed by atoms with Crippen LogP contribution in [-0.4, -0.2) is 50.3 Å². The van der Waals surface area contributed by atoms with E-state index >= 15 is 0 Å². The maximum atomic E-state index is 12.4. The highest BCUT2D eigenvalue weighted by Gasteiger charge is 2.24. The van der Waals surface area contributed by atoms with Crippen molar-refractivity contribution in [3.05, 3.63) is 23.8 Å². The third-order valence-corrected chi connectivity index (χ3v) is 4.86. The molecule has 0 saturated carbocycles. The van der Waals surface area contributed by atoms with Crippen LogP contribution in [0.15, 0.2) is 23.1 Å². The van der Waals surface area contributed by atoms with Gasteiger partial charge in [-0.15, -0.1) is 0 Å². The van der Waals surface area contributed by atoms with Gasteiger partial charge in [0, 0.05) is 37.2 Å². The van der Waals surface area contributed by atoms with Gasteiger partial charge in [0.15, 0.2) is 9.84 Å². The summed E-state index contributed by atoms with van der Waals surface area (Å²) in [6.07, 6.45) is 2.59. The molecule has 0 atom stereocenters. The van der Waals surface area contributed by atoms with E-state index in [9.17, 15) is 13.2 Å².